The predicted molar refractivity (Wildman–Crippen MR) is 113 cm³/mol. The van der Waals surface area contributed by atoms with Crippen LogP contribution in [-0.2, 0) is 0 Å². The van der Waals surface area contributed by atoms with Gasteiger partial charge in [0.1, 0.15) is 29.3 Å². The fraction of sp³-hybridized carbons (Fsp3) is 0.0455. The molecule has 0 radical (unpaired) electrons. The fourth-order valence-corrected chi connectivity index (χ4v) is 3.51. The van der Waals surface area contributed by atoms with E-state index in [0.717, 1.165) is 22.3 Å². The number of aromatic nitrogens is 5. The molecule has 5 rings (SSSR count). The maximum atomic E-state index is 9.44. The van der Waals surface area contributed by atoms with Crippen molar-refractivity contribution in [3.05, 3.63) is 65.5 Å². The van der Waals surface area contributed by atoms with Crippen LogP contribution >= 0.6 is 0 Å². The molecule has 30 heavy (non-hydrogen) atoms. The Balaban J connectivity index is 1.90. The molecule has 0 saturated heterocycles. The second-order valence-corrected chi connectivity index (χ2v) is 6.85. The third kappa shape index (κ3) is 2.49. The summed E-state index contributed by atoms with van der Waals surface area (Å²) in [5.74, 6) is 0.888. The number of para-hydroxylation sites is 2. The van der Waals surface area contributed by atoms with Gasteiger partial charge in [-0.25, -0.2) is 15.0 Å². The van der Waals surface area contributed by atoms with Crippen LogP contribution < -0.4 is 5.73 Å². The zero-order chi connectivity index (χ0) is 20.8. The molecule has 0 atom stereocenters. The summed E-state index contributed by atoms with van der Waals surface area (Å²) >= 11 is 0. The van der Waals surface area contributed by atoms with Gasteiger partial charge in [-0.2, -0.15) is 10.5 Å². The van der Waals surface area contributed by atoms with Gasteiger partial charge in [-0.1, -0.05) is 29.8 Å². The third-order valence-corrected chi connectivity index (χ3v) is 4.95. The Morgan fingerprint density at radius 2 is 1.63 bits per heavy atom. The van der Waals surface area contributed by atoms with E-state index in [2.05, 4.69) is 19.9 Å². The summed E-state index contributed by atoms with van der Waals surface area (Å²) in [5, 5.41) is 18.9. The van der Waals surface area contributed by atoms with Gasteiger partial charge < -0.3 is 10.7 Å². The van der Waals surface area contributed by atoms with Crippen LogP contribution in [0.25, 0.3) is 39.3 Å². The monoisotopic (exact) mass is 390 g/mol. The number of nitrogens with one attached hydrogen (secondary N) is 1. The molecular weight excluding hydrogens is 376 g/mol. The Kier molecular flexibility index (Phi) is 3.73. The van der Waals surface area contributed by atoms with Crippen LogP contribution in [0.2, 0.25) is 0 Å². The van der Waals surface area contributed by atoms with Crippen molar-refractivity contribution in [2.45, 2.75) is 6.92 Å². The number of nitrogen functional groups attached to an aromatic ring is 1. The van der Waals surface area contributed by atoms with Crippen molar-refractivity contribution in [3.8, 4) is 29.2 Å². The molecule has 0 bridgehead atoms. The third-order valence-electron chi connectivity index (χ3n) is 4.95. The van der Waals surface area contributed by atoms with Crippen molar-refractivity contribution in [2.75, 3.05) is 5.73 Å². The van der Waals surface area contributed by atoms with Crippen LogP contribution in [0, 0.1) is 29.6 Å². The summed E-state index contributed by atoms with van der Waals surface area (Å²) in [6, 6.07) is 19.3. The highest BCUT2D eigenvalue weighted by Gasteiger charge is 2.24. The molecule has 0 saturated carbocycles. The highest BCUT2D eigenvalue weighted by atomic mass is 15.1. The van der Waals surface area contributed by atoms with E-state index in [-0.39, 0.29) is 11.4 Å². The van der Waals surface area contributed by atoms with E-state index in [1.807, 2.05) is 67.6 Å². The molecule has 0 aliphatic rings. The molecule has 5 aromatic rings. The second kappa shape index (κ2) is 6.43. The van der Waals surface area contributed by atoms with E-state index in [0.29, 0.717) is 28.4 Å². The molecule has 0 fully saturated rings. The van der Waals surface area contributed by atoms with Crippen molar-refractivity contribution in [3.63, 3.8) is 0 Å². The van der Waals surface area contributed by atoms with Crippen LogP contribution in [0.1, 0.15) is 17.0 Å². The summed E-state index contributed by atoms with van der Waals surface area (Å²) < 4.78 is 1.73. The van der Waals surface area contributed by atoms with Gasteiger partial charge in [-0.3, -0.25) is 4.57 Å². The van der Waals surface area contributed by atoms with Crippen molar-refractivity contribution >= 4 is 28.0 Å². The SMILES string of the molecule is Cc1ccc(-n2c(N)c(-c3nc4ccccc4[nH]3)c3nc(C#N)c(C#N)nc32)cc1. The summed E-state index contributed by atoms with van der Waals surface area (Å²) in [6.07, 6.45) is 0. The van der Waals surface area contributed by atoms with E-state index in [9.17, 15) is 10.5 Å². The topological polar surface area (TPSA) is 133 Å². The number of benzene rings is 2. The molecule has 8 heteroatoms. The molecule has 2 aromatic carbocycles. The van der Waals surface area contributed by atoms with Crippen molar-refractivity contribution in [1.29, 1.82) is 10.5 Å². The summed E-state index contributed by atoms with van der Waals surface area (Å²) in [6.45, 7) is 1.99. The number of aromatic amines is 1. The Labute approximate surface area is 170 Å². The zero-order valence-electron chi connectivity index (χ0n) is 15.9. The number of nitriles is 2. The maximum Gasteiger partial charge on any atom is 0.179 e. The number of rotatable bonds is 2. The first kappa shape index (κ1) is 17.4. The van der Waals surface area contributed by atoms with E-state index >= 15 is 0 Å². The summed E-state index contributed by atoms with van der Waals surface area (Å²) in [4.78, 5) is 16.8. The summed E-state index contributed by atoms with van der Waals surface area (Å²) in [7, 11) is 0. The van der Waals surface area contributed by atoms with E-state index < -0.39 is 0 Å². The smallest absolute Gasteiger partial charge is 0.179 e. The lowest BCUT2D eigenvalue weighted by Crippen LogP contribution is -2.03. The Morgan fingerprint density at radius 1 is 0.933 bits per heavy atom. The van der Waals surface area contributed by atoms with E-state index in [4.69, 9.17) is 5.73 Å². The molecule has 0 aliphatic heterocycles. The van der Waals surface area contributed by atoms with Gasteiger partial charge in [0, 0.05) is 5.69 Å². The number of aryl methyl sites for hydroxylation is 1. The van der Waals surface area contributed by atoms with E-state index in [1.165, 1.54) is 0 Å². The van der Waals surface area contributed by atoms with E-state index in [1.54, 1.807) is 4.57 Å². The van der Waals surface area contributed by atoms with Gasteiger partial charge in [0.15, 0.2) is 17.0 Å². The van der Waals surface area contributed by atoms with Gasteiger partial charge in [0.2, 0.25) is 0 Å². The number of H-pyrrole nitrogens is 1. The normalized spacial score (nSPS) is 10.9. The van der Waals surface area contributed by atoms with Gasteiger partial charge in [0.05, 0.1) is 16.6 Å². The fourth-order valence-electron chi connectivity index (χ4n) is 3.51. The predicted octanol–water partition coefficient (Wildman–Crippen LogP) is 3.60. The largest absolute Gasteiger partial charge is 0.384 e. The van der Waals surface area contributed by atoms with Crippen LogP contribution in [0.5, 0.6) is 0 Å². The van der Waals surface area contributed by atoms with Crippen LogP contribution in [0.15, 0.2) is 48.5 Å². The molecule has 3 heterocycles. The lowest BCUT2D eigenvalue weighted by molar-refractivity contribution is 1.08. The van der Waals surface area contributed by atoms with Crippen LogP contribution in [0.4, 0.5) is 5.82 Å². The molecule has 3 aromatic heterocycles. The lowest BCUT2D eigenvalue weighted by atomic mass is 10.2. The van der Waals surface area contributed by atoms with Crippen LogP contribution in [-0.4, -0.2) is 24.5 Å². The first-order valence-corrected chi connectivity index (χ1v) is 9.15. The van der Waals surface area contributed by atoms with Gasteiger partial charge >= 0.3 is 0 Å². The highest BCUT2D eigenvalue weighted by Crippen LogP contribution is 2.37. The second-order valence-electron chi connectivity index (χ2n) is 6.85. The molecule has 8 nitrogen and oxygen atoms in total. The average Bonchev–Trinajstić information content (AvgIpc) is 3.30. The Bertz CT molecular complexity index is 1490. The number of fused-ring (bicyclic) bond motifs is 2. The number of hydrogen-bond acceptors (Lipinski definition) is 6. The van der Waals surface area contributed by atoms with Crippen molar-refractivity contribution < 1.29 is 0 Å². The van der Waals surface area contributed by atoms with Crippen molar-refractivity contribution in [2.24, 2.45) is 0 Å². The maximum absolute atomic E-state index is 9.44. The molecule has 0 amide bonds. The molecule has 0 spiro atoms. The minimum Gasteiger partial charge on any atom is -0.384 e. The average molecular weight is 390 g/mol. The number of nitrogens with two attached hydrogens (primary N) is 1. The first-order valence-electron chi connectivity index (χ1n) is 9.15. The van der Waals surface area contributed by atoms with Gasteiger partial charge in [-0.15, -0.1) is 0 Å². The lowest BCUT2D eigenvalue weighted by Gasteiger charge is -2.08. The Hall–Kier alpha value is -4.69. The highest BCUT2D eigenvalue weighted by molar-refractivity contribution is 5.99. The van der Waals surface area contributed by atoms with Gasteiger partial charge in [-0.05, 0) is 31.2 Å². The van der Waals surface area contributed by atoms with Crippen LogP contribution in [0.3, 0.4) is 0 Å². The molecule has 3 N–H and O–H groups in total. The molecule has 142 valence electrons. The van der Waals surface area contributed by atoms with Crippen molar-refractivity contribution in [1.82, 2.24) is 24.5 Å². The number of imidazole rings is 1. The number of hydrogen-bond donors (Lipinski definition) is 2. The first-order chi connectivity index (χ1) is 14.6. The minimum absolute atomic E-state index is 0.0491. The molecule has 0 aliphatic carbocycles. The molecule has 0 unspecified atom stereocenters. The summed E-state index contributed by atoms with van der Waals surface area (Å²) in [5.41, 5.74) is 11.3. The zero-order valence-corrected chi connectivity index (χ0v) is 15.9. The number of anilines is 1. The minimum atomic E-state index is -0.0524. The quantitative estimate of drug-likeness (QED) is 0.473. The molecular formula is C22H14N8. The number of nitrogens with zero attached hydrogens (tertiary/aromatic N) is 6. The standard InChI is InChI=1S/C22H14N8/c1-12-6-8-13(9-7-12)30-20(25)18(21-27-14-4-2-3-5-15(14)28-21)19-22(30)29-17(11-24)16(10-23)26-19/h2-9H,25H2,1H3,(H,27,28). The Morgan fingerprint density at radius 3 is 2.33 bits per heavy atom. The van der Waals surface area contributed by atoms with Gasteiger partial charge in [0.25, 0.3) is 0 Å².